The van der Waals surface area contributed by atoms with Gasteiger partial charge in [0.1, 0.15) is 17.9 Å². The number of benzene rings is 1. The summed E-state index contributed by atoms with van der Waals surface area (Å²) in [7, 11) is 1.99. The number of carbonyl (C=O) groups is 2. The third-order valence-corrected chi connectivity index (χ3v) is 9.41. The molecule has 7 nitrogen and oxygen atoms in total. The number of carbonyl (C=O) groups excluding carboxylic acids is 2. The minimum Gasteiger partial charge on any atom is -0.451 e. The van der Waals surface area contributed by atoms with E-state index < -0.39 is 11.6 Å². The number of nitrogens with one attached hydrogen (secondary N) is 1. The Morgan fingerprint density at radius 1 is 1.12 bits per heavy atom. The zero-order chi connectivity index (χ0) is 31.5. The highest BCUT2D eigenvalue weighted by Gasteiger charge is 2.44. The van der Waals surface area contributed by atoms with Crippen molar-refractivity contribution in [3.8, 4) is 0 Å². The van der Waals surface area contributed by atoms with E-state index in [1.54, 1.807) is 13.2 Å². The molecule has 9 heteroatoms. The van der Waals surface area contributed by atoms with Crippen LogP contribution in [0.15, 0.2) is 35.3 Å². The van der Waals surface area contributed by atoms with Gasteiger partial charge in [0.25, 0.3) is 0 Å². The standard InChI is InChI=1S/C34H50F2N4O3/c1-22(41)38-34(5,6)18-24(17-33(2,3)4)23-10-12-40(13-11-23)32(42)30-16-27(39(7)19-26-20-43-21-37-26)15-29(30)28-9-8-25(35)14-31(28)36/h8-9,14,20-21,23-24,27,29-30H,10-13,15-19H2,1-7H3,(H,38,41)/t24?,27?,29-,30+/m0/s1. The normalized spacial score (nSPS) is 22.7. The zero-order valence-corrected chi connectivity index (χ0v) is 27.0. The van der Waals surface area contributed by atoms with Crippen molar-refractivity contribution < 1.29 is 22.8 Å². The second-order valence-corrected chi connectivity index (χ2v) is 14.9. The Hall–Kier alpha value is -2.81. The molecule has 2 heterocycles. The van der Waals surface area contributed by atoms with Crippen molar-refractivity contribution in [3.05, 3.63) is 53.7 Å². The molecule has 2 aliphatic rings. The molecule has 1 saturated heterocycles. The summed E-state index contributed by atoms with van der Waals surface area (Å²) < 4.78 is 34.0. The fourth-order valence-corrected chi connectivity index (χ4v) is 7.69. The highest BCUT2D eigenvalue weighted by Crippen LogP contribution is 2.45. The quantitative estimate of drug-likeness (QED) is 0.335. The minimum absolute atomic E-state index is 0.0198. The number of oxazole rings is 1. The summed E-state index contributed by atoms with van der Waals surface area (Å²) >= 11 is 0. The summed E-state index contributed by atoms with van der Waals surface area (Å²) in [6, 6.07) is 3.77. The molecule has 2 fully saturated rings. The van der Waals surface area contributed by atoms with Gasteiger partial charge < -0.3 is 14.6 Å². The molecule has 4 rings (SSSR count). The van der Waals surface area contributed by atoms with E-state index in [0.29, 0.717) is 49.9 Å². The zero-order valence-electron chi connectivity index (χ0n) is 27.0. The SMILES string of the molecule is CC(=O)NC(C)(C)CC(CC(C)(C)C)C1CCN(C(=O)[C@@H]2CC(N(C)Cc3cocn3)C[C@H]2c2ccc(F)cc2F)CC1. The van der Waals surface area contributed by atoms with Crippen molar-refractivity contribution in [2.24, 2.45) is 23.2 Å². The molecular formula is C34H50F2N4O3. The third-order valence-electron chi connectivity index (χ3n) is 9.41. The molecule has 238 valence electrons. The molecule has 1 aromatic carbocycles. The van der Waals surface area contributed by atoms with Crippen molar-refractivity contribution in [2.45, 2.75) is 104 Å². The van der Waals surface area contributed by atoms with Crippen LogP contribution in [0, 0.1) is 34.8 Å². The van der Waals surface area contributed by atoms with Gasteiger partial charge in [0.2, 0.25) is 11.8 Å². The number of piperidine rings is 1. The van der Waals surface area contributed by atoms with Crippen LogP contribution < -0.4 is 5.32 Å². The van der Waals surface area contributed by atoms with E-state index in [0.717, 1.165) is 37.4 Å². The minimum atomic E-state index is -0.615. The summed E-state index contributed by atoms with van der Waals surface area (Å²) in [6.45, 7) is 14.4. The van der Waals surface area contributed by atoms with E-state index >= 15 is 4.39 Å². The van der Waals surface area contributed by atoms with Gasteiger partial charge in [-0.15, -0.1) is 0 Å². The van der Waals surface area contributed by atoms with Crippen LogP contribution in [0.4, 0.5) is 8.78 Å². The van der Waals surface area contributed by atoms with Crippen molar-refractivity contribution in [2.75, 3.05) is 20.1 Å². The molecule has 2 aromatic rings. The lowest BCUT2D eigenvalue weighted by molar-refractivity contribution is -0.137. The van der Waals surface area contributed by atoms with Gasteiger partial charge >= 0.3 is 0 Å². The Labute approximate surface area is 255 Å². The van der Waals surface area contributed by atoms with Gasteiger partial charge in [-0.05, 0) is 94.2 Å². The first-order valence-electron chi connectivity index (χ1n) is 15.7. The number of halogens is 2. The van der Waals surface area contributed by atoms with E-state index in [-0.39, 0.29) is 40.6 Å². The van der Waals surface area contributed by atoms with Crippen LogP contribution in [0.1, 0.15) is 97.2 Å². The van der Waals surface area contributed by atoms with Gasteiger partial charge in [-0.3, -0.25) is 14.5 Å². The molecule has 4 atom stereocenters. The van der Waals surface area contributed by atoms with E-state index in [4.69, 9.17) is 4.42 Å². The average Bonchev–Trinajstić information content (AvgIpc) is 3.57. The summed E-state index contributed by atoms with van der Waals surface area (Å²) in [5.74, 6) is -1.01. The lowest BCUT2D eigenvalue weighted by Crippen LogP contribution is -2.47. The molecule has 1 aliphatic carbocycles. The Bertz CT molecular complexity index is 1230. The fourth-order valence-electron chi connectivity index (χ4n) is 7.69. The Kier molecular flexibility index (Phi) is 10.4. The molecule has 2 amide bonds. The molecule has 1 aliphatic heterocycles. The summed E-state index contributed by atoms with van der Waals surface area (Å²) in [6.07, 6.45) is 7.96. The Morgan fingerprint density at radius 3 is 2.40 bits per heavy atom. The summed E-state index contributed by atoms with van der Waals surface area (Å²) in [4.78, 5) is 34.3. The molecule has 1 N–H and O–H groups in total. The largest absolute Gasteiger partial charge is 0.451 e. The van der Waals surface area contributed by atoms with Crippen molar-refractivity contribution in [1.29, 1.82) is 0 Å². The van der Waals surface area contributed by atoms with Crippen molar-refractivity contribution in [1.82, 2.24) is 20.1 Å². The van der Waals surface area contributed by atoms with Gasteiger partial charge in [-0.2, -0.15) is 0 Å². The van der Waals surface area contributed by atoms with E-state index in [1.165, 1.54) is 18.5 Å². The van der Waals surface area contributed by atoms with Crippen molar-refractivity contribution in [3.63, 3.8) is 0 Å². The molecule has 43 heavy (non-hydrogen) atoms. The monoisotopic (exact) mass is 600 g/mol. The Balaban J connectivity index is 1.48. The third kappa shape index (κ3) is 8.87. The average molecular weight is 601 g/mol. The van der Waals surface area contributed by atoms with Crippen LogP contribution in [0.25, 0.3) is 0 Å². The molecule has 1 aromatic heterocycles. The first-order valence-corrected chi connectivity index (χ1v) is 15.7. The highest BCUT2D eigenvalue weighted by molar-refractivity contribution is 5.80. The molecular weight excluding hydrogens is 550 g/mol. The maximum atomic E-state index is 15.1. The molecule has 0 spiro atoms. The molecule has 1 saturated carbocycles. The van der Waals surface area contributed by atoms with Crippen LogP contribution in [0.5, 0.6) is 0 Å². The second kappa shape index (κ2) is 13.4. The van der Waals surface area contributed by atoms with Gasteiger partial charge in [0, 0.05) is 50.1 Å². The van der Waals surface area contributed by atoms with Gasteiger partial charge in [0.05, 0.1) is 5.69 Å². The number of nitrogens with zero attached hydrogens (tertiary/aromatic N) is 3. The predicted octanol–water partition coefficient (Wildman–Crippen LogP) is 6.54. The lowest BCUT2D eigenvalue weighted by Gasteiger charge is -2.42. The van der Waals surface area contributed by atoms with Crippen molar-refractivity contribution >= 4 is 11.8 Å². The van der Waals surface area contributed by atoms with Gasteiger partial charge in [-0.1, -0.05) is 26.8 Å². The van der Waals surface area contributed by atoms with Crippen LogP contribution in [-0.4, -0.2) is 58.3 Å². The summed E-state index contributed by atoms with van der Waals surface area (Å²) in [5, 5.41) is 3.12. The first-order chi connectivity index (χ1) is 20.1. The Morgan fingerprint density at radius 2 is 1.81 bits per heavy atom. The number of amides is 2. The maximum Gasteiger partial charge on any atom is 0.226 e. The smallest absolute Gasteiger partial charge is 0.226 e. The van der Waals surface area contributed by atoms with Crippen LogP contribution >= 0.6 is 0 Å². The highest BCUT2D eigenvalue weighted by atomic mass is 19.1. The van der Waals surface area contributed by atoms with E-state index in [2.05, 4.69) is 49.8 Å². The number of rotatable bonds is 10. The first kappa shape index (κ1) is 33.1. The van der Waals surface area contributed by atoms with E-state index in [9.17, 15) is 14.0 Å². The summed E-state index contributed by atoms with van der Waals surface area (Å²) in [5.41, 5.74) is 1.05. The van der Waals surface area contributed by atoms with Crippen LogP contribution in [0.3, 0.4) is 0 Å². The number of hydrogen-bond donors (Lipinski definition) is 1. The van der Waals surface area contributed by atoms with Crippen LogP contribution in [0.2, 0.25) is 0 Å². The number of hydrogen-bond acceptors (Lipinski definition) is 5. The maximum absolute atomic E-state index is 15.1. The predicted molar refractivity (Wildman–Crippen MR) is 163 cm³/mol. The molecule has 0 radical (unpaired) electrons. The molecule has 2 unspecified atom stereocenters. The second-order valence-electron chi connectivity index (χ2n) is 14.9. The van der Waals surface area contributed by atoms with Gasteiger partial charge in [0.15, 0.2) is 6.39 Å². The lowest BCUT2D eigenvalue weighted by atomic mass is 9.70. The van der Waals surface area contributed by atoms with Crippen LogP contribution in [-0.2, 0) is 16.1 Å². The molecule has 0 bridgehead atoms. The number of aromatic nitrogens is 1. The fraction of sp³-hybridized carbons (Fsp3) is 0.676. The van der Waals surface area contributed by atoms with E-state index in [1.807, 2.05) is 11.9 Å². The topological polar surface area (TPSA) is 78.7 Å². The van der Waals surface area contributed by atoms with Gasteiger partial charge in [-0.25, -0.2) is 13.8 Å². The number of likely N-dealkylation sites (tertiary alicyclic amines) is 1.